The van der Waals surface area contributed by atoms with E-state index in [-0.39, 0.29) is 29.8 Å². The van der Waals surface area contributed by atoms with Crippen molar-refractivity contribution < 1.29 is 9.90 Å². The highest BCUT2D eigenvalue weighted by molar-refractivity contribution is 5.85. The summed E-state index contributed by atoms with van der Waals surface area (Å²) in [6, 6.07) is 0. The third-order valence-corrected chi connectivity index (χ3v) is 4.57. The van der Waals surface area contributed by atoms with Crippen molar-refractivity contribution >= 4 is 5.78 Å². The van der Waals surface area contributed by atoms with E-state index in [2.05, 4.69) is 24.3 Å². The first-order chi connectivity index (χ1) is 7.79. The SMILES string of the molecule is O=C1C2CC=CCC2C(O)C2CC=CCC12. The fraction of sp³-hybridized carbons (Fsp3) is 0.643. The van der Waals surface area contributed by atoms with Gasteiger partial charge in [-0.15, -0.1) is 0 Å². The van der Waals surface area contributed by atoms with Gasteiger partial charge in [0, 0.05) is 11.8 Å². The van der Waals surface area contributed by atoms with Crippen LogP contribution in [0.25, 0.3) is 0 Å². The maximum atomic E-state index is 12.4. The molecule has 1 N–H and O–H groups in total. The predicted molar refractivity (Wildman–Crippen MR) is 61.7 cm³/mol. The summed E-state index contributed by atoms with van der Waals surface area (Å²) in [7, 11) is 0. The Hall–Kier alpha value is -0.890. The summed E-state index contributed by atoms with van der Waals surface area (Å²) in [5.74, 6) is 0.963. The number of hydrogen-bond acceptors (Lipinski definition) is 2. The van der Waals surface area contributed by atoms with Crippen LogP contribution in [0.15, 0.2) is 24.3 Å². The Kier molecular flexibility index (Phi) is 2.47. The number of fused-ring (bicyclic) bond motifs is 2. The van der Waals surface area contributed by atoms with Crippen molar-refractivity contribution in [3.05, 3.63) is 24.3 Å². The van der Waals surface area contributed by atoms with Crippen LogP contribution >= 0.6 is 0 Å². The van der Waals surface area contributed by atoms with Crippen LogP contribution in [0.3, 0.4) is 0 Å². The van der Waals surface area contributed by atoms with Crippen LogP contribution < -0.4 is 0 Å². The Bertz CT molecular complexity index is 324. The smallest absolute Gasteiger partial charge is 0.140 e. The van der Waals surface area contributed by atoms with Crippen molar-refractivity contribution in [3.8, 4) is 0 Å². The van der Waals surface area contributed by atoms with Crippen LogP contribution in [0.2, 0.25) is 0 Å². The van der Waals surface area contributed by atoms with E-state index >= 15 is 0 Å². The van der Waals surface area contributed by atoms with Gasteiger partial charge in [-0.1, -0.05) is 24.3 Å². The van der Waals surface area contributed by atoms with Crippen molar-refractivity contribution in [2.45, 2.75) is 31.8 Å². The summed E-state index contributed by atoms with van der Waals surface area (Å²) in [5.41, 5.74) is 0. The van der Waals surface area contributed by atoms with Crippen molar-refractivity contribution in [3.63, 3.8) is 0 Å². The Morgan fingerprint density at radius 1 is 0.875 bits per heavy atom. The maximum absolute atomic E-state index is 12.4. The third kappa shape index (κ3) is 1.40. The van der Waals surface area contributed by atoms with Crippen LogP contribution in [0.1, 0.15) is 25.7 Å². The molecule has 2 nitrogen and oxygen atoms in total. The zero-order valence-electron chi connectivity index (χ0n) is 9.38. The molecule has 0 aromatic rings. The average Bonchev–Trinajstić information content (AvgIpc) is 2.36. The number of allylic oxidation sites excluding steroid dienone is 4. The molecule has 0 aromatic carbocycles. The van der Waals surface area contributed by atoms with Crippen molar-refractivity contribution in [2.24, 2.45) is 23.7 Å². The lowest BCUT2D eigenvalue weighted by atomic mass is 9.60. The molecule has 2 heteroatoms. The largest absolute Gasteiger partial charge is 0.392 e. The lowest BCUT2D eigenvalue weighted by Crippen LogP contribution is -2.50. The maximum Gasteiger partial charge on any atom is 0.140 e. The topological polar surface area (TPSA) is 37.3 Å². The first kappa shape index (κ1) is 10.3. The van der Waals surface area contributed by atoms with Crippen LogP contribution in [-0.4, -0.2) is 17.0 Å². The molecule has 4 atom stereocenters. The lowest BCUT2D eigenvalue weighted by molar-refractivity contribution is -0.143. The second-order valence-electron chi connectivity index (χ2n) is 5.32. The summed E-state index contributed by atoms with van der Waals surface area (Å²) in [6.45, 7) is 0. The first-order valence-electron chi connectivity index (χ1n) is 6.31. The second kappa shape index (κ2) is 3.85. The summed E-state index contributed by atoms with van der Waals surface area (Å²) in [5, 5.41) is 10.4. The number of carbonyl (C=O) groups excluding carboxylic acids is 1. The number of rotatable bonds is 0. The molecule has 0 bridgehead atoms. The molecule has 0 spiro atoms. The Labute approximate surface area is 96.0 Å². The minimum Gasteiger partial charge on any atom is -0.392 e. The van der Waals surface area contributed by atoms with E-state index in [9.17, 15) is 9.90 Å². The van der Waals surface area contributed by atoms with Crippen LogP contribution in [0, 0.1) is 23.7 Å². The van der Waals surface area contributed by atoms with E-state index < -0.39 is 0 Å². The first-order valence-corrected chi connectivity index (χ1v) is 6.31. The number of aliphatic hydroxyl groups excluding tert-OH is 1. The number of hydrogen-bond donors (Lipinski definition) is 1. The van der Waals surface area contributed by atoms with Crippen molar-refractivity contribution in [1.29, 1.82) is 0 Å². The number of ketones is 1. The zero-order valence-corrected chi connectivity index (χ0v) is 9.38. The van der Waals surface area contributed by atoms with Gasteiger partial charge in [0.2, 0.25) is 0 Å². The van der Waals surface area contributed by atoms with E-state index in [1.165, 1.54) is 0 Å². The Morgan fingerprint density at radius 3 is 1.81 bits per heavy atom. The third-order valence-electron chi connectivity index (χ3n) is 4.57. The molecule has 16 heavy (non-hydrogen) atoms. The van der Waals surface area contributed by atoms with Gasteiger partial charge in [-0.05, 0) is 37.5 Å². The summed E-state index contributed by atoms with van der Waals surface area (Å²) in [6.07, 6.45) is 11.6. The Balaban J connectivity index is 1.93. The molecule has 0 heterocycles. The van der Waals surface area contributed by atoms with Gasteiger partial charge in [-0.2, -0.15) is 0 Å². The minimum atomic E-state index is -0.275. The van der Waals surface area contributed by atoms with Gasteiger partial charge in [-0.3, -0.25) is 4.79 Å². The summed E-state index contributed by atoms with van der Waals surface area (Å²) >= 11 is 0. The predicted octanol–water partition coefficient (Wildman–Crippen LogP) is 2.09. The van der Waals surface area contributed by atoms with Crippen LogP contribution in [0.5, 0.6) is 0 Å². The van der Waals surface area contributed by atoms with Gasteiger partial charge < -0.3 is 5.11 Å². The molecule has 3 aliphatic rings. The molecule has 3 rings (SSSR count). The molecule has 0 radical (unpaired) electrons. The number of Topliss-reactive ketones (excluding diaryl/α,β-unsaturated/α-hetero) is 1. The highest BCUT2D eigenvalue weighted by atomic mass is 16.3. The number of carbonyl (C=O) groups is 1. The van der Waals surface area contributed by atoms with Gasteiger partial charge in [0.1, 0.15) is 5.78 Å². The Morgan fingerprint density at radius 2 is 1.31 bits per heavy atom. The highest BCUT2D eigenvalue weighted by Gasteiger charge is 2.48. The summed E-state index contributed by atoms with van der Waals surface area (Å²) in [4.78, 5) is 12.4. The van der Waals surface area contributed by atoms with Gasteiger partial charge >= 0.3 is 0 Å². The van der Waals surface area contributed by atoms with E-state index in [0.717, 1.165) is 25.7 Å². The second-order valence-corrected chi connectivity index (χ2v) is 5.32. The number of aliphatic hydroxyl groups is 1. The minimum absolute atomic E-state index is 0.0905. The molecule has 1 saturated carbocycles. The average molecular weight is 218 g/mol. The van der Waals surface area contributed by atoms with E-state index in [0.29, 0.717) is 5.78 Å². The molecule has 0 saturated heterocycles. The van der Waals surface area contributed by atoms with Crippen molar-refractivity contribution in [1.82, 2.24) is 0 Å². The van der Waals surface area contributed by atoms with Gasteiger partial charge in [0.15, 0.2) is 0 Å². The van der Waals surface area contributed by atoms with E-state index in [1.54, 1.807) is 0 Å². The monoisotopic (exact) mass is 218 g/mol. The normalized spacial score (nSPS) is 46.3. The molecule has 0 amide bonds. The quantitative estimate of drug-likeness (QED) is 0.632. The van der Waals surface area contributed by atoms with Crippen LogP contribution in [0.4, 0.5) is 0 Å². The molecular formula is C14H18O2. The molecule has 86 valence electrons. The van der Waals surface area contributed by atoms with Gasteiger partial charge in [-0.25, -0.2) is 0 Å². The van der Waals surface area contributed by atoms with Gasteiger partial charge in [0.25, 0.3) is 0 Å². The molecule has 0 aliphatic heterocycles. The molecule has 0 aromatic heterocycles. The van der Waals surface area contributed by atoms with Crippen LogP contribution in [-0.2, 0) is 4.79 Å². The van der Waals surface area contributed by atoms with Crippen molar-refractivity contribution in [2.75, 3.05) is 0 Å². The standard InChI is InChI=1S/C14H18O2/c15-13-9-5-1-2-6-10(9)14(16)12-8-4-3-7-11(12)13/h1-4,9-13,15H,5-8H2. The molecule has 4 unspecified atom stereocenters. The van der Waals surface area contributed by atoms with E-state index in [4.69, 9.17) is 0 Å². The summed E-state index contributed by atoms with van der Waals surface area (Å²) < 4.78 is 0. The molecular weight excluding hydrogens is 200 g/mol. The van der Waals surface area contributed by atoms with Gasteiger partial charge in [0.05, 0.1) is 6.10 Å². The molecule has 3 aliphatic carbocycles. The fourth-order valence-corrected chi connectivity index (χ4v) is 3.67. The zero-order chi connectivity index (χ0) is 11.1. The highest BCUT2D eigenvalue weighted by Crippen LogP contribution is 2.45. The fourth-order valence-electron chi connectivity index (χ4n) is 3.67. The van der Waals surface area contributed by atoms with E-state index in [1.807, 2.05) is 0 Å². The molecule has 1 fully saturated rings. The lowest BCUT2D eigenvalue weighted by Gasteiger charge is -2.45.